The maximum Gasteiger partial charge on any atom is 0.308 e. The summed E-state index contributed by atoms with van der Waals surface area (Å²) in [6.07, 6.45) is 0.424. The molecule has 10 heteroatoms. The van der Waals surface area contributed by atoms with Gasteiger partial charge in [0.2, 0.25) is 11.5 Å². The van der Waals surface area contributed by atoms with E-state index in [0.717, 1.165) is 17.3 Å². The predicted octanol–water partition coefficient (Wildman–Crippen LogP) is 3.73. The minimum Gasteiger partial charge on any atom is -0.502 e. The van der Waals surface area contributed by atoms with Crippen molar-refractivity contribution in [1.29, 1.82) is 0 Å². The number of anilines is 1. The number of esters is 1. The van der Waals surface area contributed by atoms with Gasteiger partial charge in [0.1, 0.15) is 0 Å². The zero-order chi connectivity index (χ0) is 18.4. The number of furan rings is 1. The summed E-state index contributed by atoms with van der Waals surface area (Å²) < 4.78 is 59.0. The third kappa shape index (κ3) is 3.03. The summed E-state index contributed by atoms with van der Waals surface area (Å²) in [5, 5.41) is 10.3. The average Bonchev–Trinajstić information content (AvgIpc) is 3.02. The number of carbonyl (C=O) groups excluding carboxylic acids is 1. The van der Waals surface area contributed by atoms with Crippen molar-refractivity contribution < 1.29 is 36.9 Å². The molecule has 0 atom stereocenters. The van der Waals surface area contributed by atoms with Gasteiger partial charge in [-0.2, -0.15) is 0 Å². The molecule has 1 aliphatic rings. The summed E-state index contributed by atoms with van der Waals surface area (Å²) in [5.74, 6) is -5.19. The molecule has 0 bridgehead atoms. The van der Waals surface area contributed by atoms with Gasteiger partial charge in [0.25, 0.3) is 5.88 Å². The van der Waals surface area contributed by atoms with Crippen LogP contribution < -0.4 is 9.04 Å². The third-order valence-corrected chi connectivity index (χ3v) is 5.51. The Labute approximate surface area is 142 Å². The second-order valence-corrected chi connectivity index (χ2v) is 7.51. The highest BCUT2D eigenvalue weighted by atomic mass is 32.3. The van der Waals surface area contributed by atoms with E-state index in [0.29, 0.717) is 6.42 Å². The lowest BCUT2D eigenvalue weighted by atomic mass is 10.1. The molecule has 1 fully saturated rings. The summed E-state index contributed by atoms with van der Waals surface area (Å²) in [6.45, 7) is 1.23. The van der Waals surface area contributed by atoms with Crippen LogP contribution in [0.3, 0.4) is 0 Å². The Kier molecular flexibility index (Phi) is 4.35. The number of nitrogens with zero attached hydrogens (tertiary/aromatic N) is 1. The van der Waals surface area contributed by atoms with Gasteiger partial charge < -0.3 is 14.3 Å². The van der Waals surface area contributed by atoms with Gasteiger partial charge in [-0.05, 0) is 18.6 Å². The fraction of sp³-hybridized carbons (Fsp3) is 0.267. The number of carbonyl (C=O) groups is 1. The van der Waals surface area contributed by atoms with E-state index in [1.165, 1.54) is 12.1 Å². The predicted molar refractivity (Wildman–Crippen MR) is 86.7 cm³/mol. The van der Waals surface area contributed by atoms with Gasteiger partial charge in [0, 0.05) is 13.5 Å². The van der Waals surface area contributed by atoms with E-state index in [-0.39, 0.29) is 18.2 Å². The summed E-state index contributed by atoms with van der Waals surface area (Å²) in [4.78, 5) is 11.3. The van der Waals surface area contributed by atoms with Crippen LogP contribution in [0.1, 0.15) is 13.3 Å². The van der Waals surface area contributed by atoms with Crippen molar-refractivity contribution in [3.63, 3.8) is 0 Å². The number of halogens is 2. The zero-order valence-corrected chi connectivity index (χ0v) is 13.8. The lowest BCUT2D eigenvalue weighted by Crippen LogP contribution is -2.22. The molecule has 0 spiro atoms. The van der Waals surface area contributed by atoms with Crippen molar-refractivity contribution in [2.75, 3.05) is 16.6 Å². The highest BCUT2D eigenvalue weighted by Gasteiger charge is 2.37. The van der Waals surface area contributed by atoms with Crippen LogP contribution in [0.2, 0.25) is 0 Å². The average molecular weight is 375 g/mol. The van der Waals surface area contributed by atoms with E-state index in [9.17, 15) is 27.8 Å². The van der Waals surface area contributed by atoms with Crippen LogP contribution in [0.5, 0.6) is 11.5 Å². The molecular weight excluding hydrogens is 360 g/mol. The Morgan fingerprint density at radius 1 is 1.36 bits per heavy atom. The number of ether oxygens (including phenoxy) is 1. The van der Waals surface area contributed by atoms with E-state index in [1.54, 1.807) is 0 Å². The maximum atomic E-state index is 14.0. The number of rotatable bonds is 3. The second-order valence-electron chi connectivity index (χ2n) is 5.40. The van der Waals surface area contributed by atoms with E-state index < -0.39 is 51.2 Å². The molecule has 0 aliphatic carbocycles. The molecule has 0 amide bonds. The third-order valence-electron chi connectivity index (χ3n) is 3.62. The molecule has 7 nitrogen and oxygen atoms in total. The van der Waals surface area contributed by atoms with Crippen molar-refractivity contribution in [3.8, 4) is 22.8 Å². The first-order valence-electron chi connectivity index (χ1n) is 7.24. The highest BCUT2D eigenvalue weighted by molar-refractivity contribution is 8.25. The lowest BCUT2D eigenvalue weighted by Gasteiger charge is -2.36. The molecule has 2 heterocycles. The Bertz CT molecular complexity index is 838. The minimum atomic E-state index is -3.23. The number of aromatic hydroxyl groups is 1. The monoisotopic (exact) mass is 375 g/mol. The van der Waals surface area contributed by atoms with Crippen molar-refractivity contribution in [3.05, 3.63) is 29.8 Å². The van der Waals surface area contributed by atoms with Crippen molar-refractivity contribution in [1.82, 2.24) is 0 Å². The standard InChI is InChI=1S/C15H15F2NO6S/c1-8(19)23-14-12(20)13(9-4-2-5-10(16)11(9)17)24-15(14)18-6-3-7-25(18,21)22/h2,4-5,20-22H,3,6-7H2,1H3. The minimum absolute atomic E-state index is 0.0671. The molecule has 0 radical (unpaired) electrons. The Morgan fingerprint density at radius 2 is 2.08 bits per heavy atom. The first-order chi connectivity index (χ1) is 11.7. The van der Waals surface area contributed by atoms with Crippen molar-refractivity contribution in [2.24, 2.45) is 0 Å². The second kappa shape index (κ2) is 6.21. The molecule has 1 saturated heterocycles. The summed E-state index contributed by atoms with van der Waals surface area (Å²) in [7, 11) is -3.23. The molecule has 0 unspecified atom stereocenters. The topological polar surface area (TPSA) is 103 Å². The van der Waals surface area contributed by atoms with E-state index in [4.69, 9.17) is 9.15 Å². The van der Waals surface area contributed by atoms with Gasteiger partial charge >= 0.3 is 5.97 Å². The first kappa shape index (κ1) is 17.5. The molecule has 1 aliphatic heterocycles. The molecule has 136 valence electrons. The summed E-state index contributed by atoms with van der Waals surface area (Å²) in [5.41, 5.74) is -0.396. The van der Waals surface area contributed by atoms with Crippen LogP contribution >= 0.6 is 10.8 Å². The molecule has 3 N–H and O–H groups in total. The van der Waals surface area contributed by atoms with Gasteiger partial charge in [-0.3, -0.25) is 13.9 Å². The van der Waals surface area contributed by atoms with E-state index in [1.807, 2.05) is 0 Å². The molecular formula is C15H15F2NO6S. The Balaban J connectivity index is 2.19. The van der Waals surface area contributed by atoms with Crippen molar-refractivity contribution in [2.45, 2.75) is 13.3 Å². The van der Waals surface area contributed by atoms with Crippen molar-refractivity contribution >= 4 is 22.6 Å². The summed E-state index contributed by atoms with van der Waals surface area (Å²) >= 11 is 0. The molecule has 25 heavy (non-hydrogen) atoms. The highest BCUT2D eigenvalue weighted by Crippen LogP contribution is 2.57. The first-order valence-corrected chi connectivity index (χ1v) is 8.92. The van der Waals surface area contributed by atoms with Crippen LogP contribution in [0.15, 0.2) is 22.6 Å². The van der Waals surface area contributed by atoms with Gasteiger partial charge in [-0.1, -0.05) is 6.07 Å². The van der Waals surface area contributed by atoms with Gasteiger partial charge in [-0.25, -0.2) is 13.1 Å². The van der Waals surface area contributed by atoms with Crippen LogP contribution in [-0.4, -0.2) is 32.5 Å². The van der Waals surface area contributed by atoms with Crippen LogP contribution in [-0.2, 0) is 4.79 Å². The summed E-state index contributed by atoms with van der Waals surface area (Å²) in [6, 6.07) is 3.27. The molecule has 3 rings (SSSR count). The number of benzene rings is 1. The molecule has 0 saturated carbocycles. The smallest absolute Gasteiger partial charge is 0.308 e. The molecule has 1 aromatic carbocycles. The largest absolute Gasteiger partial charge is 0.502 e. The van der Waals surface area contributed by atoms with E-state index in [2.05, 4.69) is 0 Å². The lowest BCUT2D eigenvalue weighted by molar-refractivity contribution is -0.132. The fourth-order valence-electron chi connectivity index (χ4n) is 2.55. The zero-order valence-electron chi connectivity index (χ0n) is 13.0. The van der Waals surface area contributed by atoms with Crippen LogP contribution in [0.4, 0.5) is 14.7 Å². The normalized spacial score (nSPS) is 17.6. The molecule has 1 aromatic heterocycles. The van der Waals surface area contributed by atoms with E-state index >= 15 is 0 Å². The SMILES string of the molecule is CC(=O)Oc1c(N2CCCS2(O)O)oc(-c2cccc(F)c2F)c1O. The quantitative estimate of drug-likeness (QED) is 0.702. The fourth-order valence-corrected chi connectivity index (χ4v) is 4.09. The number of hydrogen-bond donors (Lipinski definition) is 3. The Hall–Kier alpha value is -2.30. The van der Waals surface area contributed by atoms with Crippen LogP contribution in [0, 0.1) is 11.6 Å². The van der Waals surface area contributed by atoms with Gasteiger partial charge in [0.05, 0.1) is 11.3 Å². The van der Waals surface area contributed by atoms with Gasteiger partial charge in [-0.15, -0.1) is 10.8 Å². The molecule has 2 aromatic rings. The van der Waals surface area contributed by atoms with Crippen LogP contribution in [0.25, 0.3) is 11.3 Å². The maximum absolute atomic E-state index is 14.0. The Morgan fingerprint density at radius 3 is 2.68 bits per heavy atom. The van der Waals surface area contributed by atoms with Gasteiger partial charge in [0.15, 0.2) is 17.4 Å². The number of hydrogen-bond acceptors (Lipinski definition) is 7.